The standard InChI is InChI=1S/C10H26O4S2Si2.C3H8O4S/c1-17(2,3)9-7-15(11,12)16(13,14)8-10-18(4,5)6;1-2-3-7-8(4,5)6/h7-10H2,1-6H3;2-3H2,1H3,(H,4,5,6). The molecule has 0 rings (SSSR count). The van der Waals surface area contributed by atoms with Gasteiger partial charge in [0.2, 0.25) is 0 Å². The lowest BCUT2D eigenvalue weighted by Crippen LogP contribution is -2.31. The Kier molecular flexibility index (Phi) is 11.7. The van der Waals surface area contributed by atoms with Crippen molar-refractivity contribution in [1.29, 1.82) is 0 Å². The van der Waals surface area contributed by atoms with E-state index in [2.05, 4.69) is 4.18 Å². The number of rotatable bonds is 10. The molecule has 0 unspecified atom stereocenters. The molecule has 0 aliphatic carbocycles. The molecule has 0 saturated heterocycles. The van der Waals surface area contributed by atoms with E-state index in [0.717, 1.165) is 0 Å². The molecule has 0 aromatic heterocycles. The maximum atomic E-state index is 11.9. The average Bonchev–Trinajstić information content (AvgIpc) is 2.39. The van der Waals surface area contributed by atoms with Crippen LogP contribution >= 0.6 is 0 Å². The van der Waals surface area contributed by atoms with Gasteiger partial charge in [0.25, 0.3) is 17.7 Å². The van der Waals surface area contributed by atoms with Gasteiger partial charge < -0.3 is 0 Å². The van der Waals surface area contributed by atoms with E-state index in [0.29, 0.717) is 18.5 Å². The molecule has 160 valence electrons. The second kappa shape index (κ2) is 10.7. The molecular weight excluding hydrogens is 437 g/mol. The highest BCUT2D eigenvalue weighted by Crippen LogP contribution is 2.17. The Morgan fingerprint density at radius 1 is 0.731 bits per heavy atom. The SMILES string of the molecule is CCCOS(=O)(=O)O.C[Si](C)(C)CCS(=O)(=O)S(=O)(=O)CC[Si](C)(C)C. The van der Waals surface area contributed by atoms with Crippen molar-refractivity contribution < 1.29 is 34.0 Å². The van der Waals surface area contributed by atoms with Crippen LogP contribution < -0.4 is 0 Å². The Balaban J connectivity index is 0. The molecule has 0 spiro atoms. The molecule has 0 amide bonds. The van der Waals surface area contributed by atoms with Crippen LogP contribution in [0.5, 0.6) is 0 Å². The van der Waals surface area contributed by atoms with Crippen LogP contribution in [0.2, 0.25) is 51.4 Å². The molecule has 13 heteroatoms. The lowest BCUT2D eigenvalue weighted by Gasteiger charge is -2.17. The number of hydrogen-bond acceptors (Lipinski definition) is 7. The second-order valence-corrected chi connectivity index (χ2v) is 26.8. The molecule has 0 saturated carbocycles. The molecule has 0 radical (unpaired) electrons. The van der Waals surface area contributed by atoms with E-state index in [4.69, 9.17) is 4.55 Å². The van der Waals surface area contributed by atoms with Gasteiger partial charge in [0.05, 0.1) is 18.1 Å². The summed E-state index contributed by atoms with van der Waals surface area (Å²) >= 11 is 0. The van der Waals surface area contributed by atoms with Gasteiger partial charge in [0.15, 0.2) is 0 Å². The molecule has 8 nitrogen and oxygen atoms in total. The normalized spacial score (nSPS) is 13.8. The highest BCUT2D eigenvalue weighted by molar-refractivity contribution is 8.67. The van der Waals surface area contributed by atoms with E-state index in [1.54, 1.807) is 6.92 Å². The average molecular weight is 471 g/mol. The monoisotopic (exact) mass is 470 g/mol. The van der Waals surface area contributed by atoms with Gasteiger partial charge in [0, 0.05) is 16.1 Å². The molecule has 0 fully saturated rings. The first-order chi connectivity index (χ1) is 11.2. The lowest BCUT2D eigenvalue weighted by atomic mass is 10.5. The van der Waals surface area contributed by atoms with Gasteiger partial charge in [-0.05, 0) is 18.5 Å². The minimum atomic E-state index is -4.19. The first-order valence-electron chi connectivity index (χ1n) is 8.30. The van der Waals surface area contributed by atoms with Gasteiger partial charge in [-0.1, -0.05) is 46.2 Å². The zero-order valence-electron chi connectivity index (χ0n) is 16.8. The Labute approximate surface area is 160 Å². The van der Waals surface area contributed by atoms with E-state index >= 15 is 0 Å². The van der Waals surface area contributed by atoms with Crippen LogP contribution in [0.4, 0.5) is 0 Å². The fourth-order valence-corrected chi connectivity index (χ4v) is 12.1. The van der Waals surface area contributed by atoms with Gasteiger partial charge in [-0.25, -0.2) is 21.0 Å². The first-order valence-corrected chi connectivity index (χ1v) is 20.9. The van der Waals surface area contributed by atoms with Crippen LogP contribution in [-0.4, -0.2) is 64.1 Å². The van der Waals surface area contributed by atoms with E-state index in [-0.39, 0.29) is 18.1 Å². The van der Waals surface area contributed by atoms with Gasteiger partial charge in [0.1, 0.15) is 0 Å². The number of hydrogen-bond donors (Lipinski definition) is 1. The second-order valence-electron chi connectivity index (χ2n) is 8.39. The van der Waals surface area contributed by atoms with Crippen molar-refractivity contribution in [2.45, 2.75) is 64.7 Å². The Morgan fingerprint density at radius 3 is 1.19 bits per heavy atom. The van der Waals surface area contributed by atoms with Crippen LogP contribution in [0, 0.1) is 0 Å². The van der Waals surface area contributed by atoms with E-state index in [1.807, 2.05) is 39.3 Å². The van der Waals surface area contributed by atoms with Crippen molar-refractivity contribution in [1.82, 2.24) is 0 Å². The largest absolute Gasteiger partial charge is 0.397 e. The van der Waals surface area contributed by atoms with Crippen LogP contribution in [0.15, 0.2) is 0 Å². The van der Waals surface area contributed by atoms with Crippen molar-refractivity contribution in [2.75, 3.05) is 18.1 Å². The summed E-state index contributed by atoms with van der Waals surface area (Å²) in [4.78, 5) is 0. The third-order valence-electron chi connectivity index (χ3n) is 3.03. The van der Waals surface area contributed by atoms with Crippen molar-refractivity contribution in [3.63, 3.8) is 0 Å². The van der Waals surface area contributed by atoms with Crippen LogP contribution in [-0.2, 0) is 32.3 Å². The fraction of sp³-hybridized carbons (Fsp3) is 1.00. The molecule has 1 N–H and O–H groups in total. The summed E-state index contributed by atoms with van der Waals surface area (Å²) in [5, 5.41) is 0. The molecule has 0 atom stereocenters. The maximum absolute atomic E-state index is 11.9. The van der Waals surface area contributed by atoms with E-state index in [9.17, 15) is 25.3 Å². The minimum Gasteiger partial charge on any atom is -0.264 e. The summed E-state index contributed by atoms with van der Waals surface area (Å²) in [5.41, 5.74) is 0. The minimum absolute atomic E-state index is 0.0405. The highest BCUT2D eigenvalue weighted by Gasteiger charge is 2.32. The Hall–Kier alpha value is 0.204. The Bertz CT molecular complexity index is 668. The van der Waals surface area contributed by atoms with Gasteiger partial charge in [-0.2, -0.15) is 8.42 Å². The van der Waals surface area contributed by atoms with Crippen LogP contribution in [0.25, 0.3) is 0 Å². The molecule has 0 heterocycles. The predicted molar refractivity (Wildman–Crippen MR) is 112 cm³/mol. The molecule has 26 heavy (non-hydrogen) atoms. The smallest absolute Gasteiger partial charge is 0.264 e. The molecule has 0 aliphatic heterocycles. The summed E-state index contributed by atoms with van der Waals surface area (Å²) in [6, 6.07) is 1.00. The van der Waals surface area contributed by atoms with Crippen molar-refractivity contribution in [3.05, 3.63) is 0 Å². The van der Waals surface area contributed by atoms with Gasteiger partial charge >= 0.3 is 10.4 Å². The van der Waals surface area contributed by atoms with E-state index < -0.39 is 44.3 Å². The predicted octanol–water partition coefficient (Wildman–Crippen LogP) is 2.62. The van der Waals surface area contributed by atoms with Crippen LogP contribution in [0.3, 0.4) is 0 Å². The maximum Gasteiger partial charge on any atom is 0.397 e. The fourth-order valence-electron chi connectivity index (χ4n) is 1.30. The highest BCUT2D eigenvalue weighted by atomic mass is 33.2. The van der Waals surface area contributed by atoms with Gasteiger partial charge in [-0.3, -0.25) is 4.55 Å². The first kappa shape index (κ1) is 28.4. The van der Waals surface area contributed by atoms with Crippen molar-refractivity contribution >= 4 is 44.3 Å². The quantitative estimate of drug-likeness (QED) is 0.293. The summed E-state index contributed by atoms with van der Waals surface area (Å²) in [5.74, 6) is -0.423. The summed E-state index contributed by atoms with van der Waals surface area (Å²) < 4.78 is 78.7. The Morgan fingerprint density at radius 2 is 1.04 bits per heavy atom. The molecular formula is C13H34O8S3Si2. The van der Waals surface area contributed by atoms with Crippen molar-refractivity contribution in [2.24, 2.45) is 0 Å². The molecule has 0 aromatic carbocycles. The molecule has 0 aliphatic rings. The van der Waals surface area contributed by atoms with Crippen molar-refractivity contribution in [3.8, 4) is 0 Å². The summed E-state index contributed by atoms with van der Waals surface area (Å²) in [6.45, 7) is 14.0. The van der Waals surface area contributed by atoms with E-state index in [1.165, 1.54) is 0 Å². The molecule has 0 aromatic rings. The molecule has 0 bridgehead atoms. The lowest BCUT2D eigenvalue weighted by molar-refractivity contribution is 0.269. The van der Waals surface area contributed by atoms with Crippen LogP contribution in [0.1, 0.15) is 13.3 Å². The zero-order valence-corrected chi connectivity index (χ0v) is 21.2. The zero-order chi connectivity index (χ0) is 21.4. The third kappa shape index (κ3) is 16.4. The summed E-state index contributed by atoms with van der Waals surface area (Å²) in [6.07, 6.45) is 0.569. The summed E-state index contributed by atoms with van der Waals surface area (Å²) in [7, 11) is -15.2. The topological polar surface area (TPSA) is 132 Å². The third-order valence-corrected chi connectivity index (χ3v) is 13.2. The van der Waals surface area contributed by atoms with Gasteiger partial charge in [-0.15, -0.1) is 0 Å².